The molecule has 5 heteroatoms. The number of aromatic nitrogens is 2. The minimum atomic E-state index is 0.763. The molecule has 0 radical (unpaired) electrons. The van der Waals surface area contributed by atoms with Crippen molar-refractivity contribution >= 4 is 38.6 Å². The van der Waals surface area contributed by atoms with E-state index < -0.39 is 0 Å². The van der Waals surface area contributed by atoms with Gasteiger partial charge in [-0.1, -0.05) is 46.3 Å². The van der Waals surface area contributed by atoms with Crippen LogP contribution in [-0.2, 0) is 11.3 Å². The zero-order valence-corrected chi connectivity index (χ0v) is 19.9. The minimum Gasteiger partial charge on any atom is -0.494 e. The average Bonchev–Trinajstić information content (AvgIpc) is 3.45. The summed E-state index contributed by atoms with van der Waals surface area (Å²) < 4.78 is 9.10. The number of halogens is 1. The van der Waals surface area contributed by atoms with Crippen molar-refractivity contribution in [2.45, 2.75) is 20.4 Å². The zero-order valence-electron chi connectivity index (χ0n) is 18.3. The van der Waals surface area contributed by atoms with Gasteiger partial charge in [-0.05, 0) is 61.4 Å². The van der Waals surface area contributed by atoms with Crippen molar-refractivity contribution in [2.24, 2.45) is 4.99 Å². The number of hydrogen-bond acceptors (Lipinski definition) is 2. The maximum absolute atomic E-state index is 5.69. The van der Waals surface area contributed by atoms with Gasteiger partial charge in [-0.3, -0.25) is 0 Å². The summed E-state index contributed by atoms with van der Waals surface area (Å²) in [6.45, 7) is 4.92. The third-order valence-electron chi connectivity index (χ3n) is 5.78. The van der Waals surface area contributed by atoms with Crippen LogP contribution in [0.4, 0.5) is 0 Å². The lowest BCUT2D eigenvalue weighted by molar-refractivity contribution is 0.303. The number of para-hydroxylation sites is 1. The highest BCUT2D eigenvalue weighted by atomic mass is 79.9. The Morgan fingerprint density at radius 3 is 2.56 bits per heavy atom. The van der Waals surface area contributed by atoms with E-state index in [2.05, 4.69) is 106 Å². The number of hydrogen-bond donors (Lipinski definition) is 1. The molecule has 4 nitrogen and oxygen atoms in total. The summed E-state index contributed by atoms with van der Waals surface area (Å²) in [6, 6.07) is 21.3. The predicted molar refractivity (Wildman–Crippen MR) is 135 cm³/mol. The average molecular weight is 486 g/mol. The van der Waals surface area contributed by atoms with Gasteiger partial charge >= 0.3 is 0 Å². The maximum Gasteiger partial charge on any atom is 0.146 e. The fourth-order valence-corrected chi connectivity index (χ4v) is 4.48. The van der Waals surface area contributed by atoms with Gasteiger partial charge in [-0.25, -0.2) is 4.99 Å². The van der Waals surface area contributed by atoms with Crippen LogP contribution in [0.1, 0.15) is 28.2 Å². The molecule has 3 heterocycles. The number of aliphatic imine (C=N–C) groups is 1. The van der Waals surface area contributed by atoms with Crippen LogP contribution in [0.5, 0.6) is 0 Å². The number of rotatable bonds is 5. The molecule has 1 N–H and O–H groups in total. The smallest absolute Gasteiger partial charge is 0.146 e. The van der Waals surface area contributed by atoms with Crippen molar-refractivity contribution in [2.75, 3.05) is 7.11 Å². The summed E-state index contributed by atoms with van der Waals surface area (Å²) in [5.41, 5.74) is 8.61. The van der Waals surface area contributed by atoms with E-state index in [1.54, 1.807) is 7.11 Å². The second kappa shape index (κ2) is 8.32. The molecule has 1 aliphatic heterocycles. The van der Waals surface area contributed by atoms with E-state index in [1.807, 2.05) is 6.08 Å². The fraction of sp³-hybridized carbons (Fsp3) is 0.148. The van der Waals surface area contributed by atoms with Crippen molar-refractivity contribution in [3.63, 3.8) is 0 Å². The number of nitrogens with one attached hydrogen (secondary N) is 1. The Labute approximate surface area is 196 Å². The van der Waals surface area contributed by atoms with Gasteiger partial charge < -0.3 is 14.3 Å². The number of allylic oxidation sites excluding steroid dienone is 1. The van der Waals surface area contributed by atoms with Gasteiger partial charge in [0.05, 0.1) is 18.5 Å². The molecule has 0 saturated heterocycles. The maximum atomic E-state index is 5.69. The lowest BCUT2D eigenvalue weighted by atomic mass is 10.2. The molecule has 0 atom stereocenters. The van der Waals surface area contributed by atoms with Gasteiger partial charge in [0.2, 0.25) is 0 Å². The summed E-state index contributed by atoms with van der Waals surface area (Å²) in [6.07, 6.45) is 4.09. The number of nitrogens with zero attached hydrogens (tertiary/aromatic N) is 2. The van der Waals surface area contributed by atoms with Gasteiger partial charge in [0.15, 0.2) is 0 Å². The normalized spacial score (nSPS) is 14.8. The van der Waals surface area contributed by atoms with Gasteiger partial charge in [0.1, 0.15) is 11.5 Å². The number of aryl methyl sites for hydroxylation is 2. The second-order valence-corrected chi connectivity index (χ2v) is 9.01. The Morgan fingerprint density at radius 1 is 1.06 bits per heavy atom. The largest absolute Gasteiger partial charge is 0.494 e. The SMILES string of the molecule is COC1=CC(c2cc3ccccc3n2Cc2ccc(Br)cc2)=NC1=Cc1[nH]c(C)cc1C. The first kappa shape index (κ1) is 20.6. The number of aromatic amines is 1. The van der Waals surface area contributed by atoms with E-state index in [0.717, 1.165) is 45.3 Å². The van der Waals surface area contributed by atoms with Crippen LogP contribution < -0.4 is 0 Å². The highest BCUT2D eigenvalue weighted by molar-refractivity contribution is 9.10. The molecule has 2 aromatic heterocycles. The molecule has 0 amide bonds. The van der Waals surface area contributed by atoms with Crippen LogP contribution in [0.25, 0.3) is 17.0 Å². The van der Waals surface area contributed by atoms with Gasteiger partial charge in [-0.2, -0.15) is 0 Å². The molecule has 0 bridgehead atoms. The first-order valence-electron chi connectivity index (χ1n) is 10.6. The standard InChI is InChI=1S/C27H24BrN3O/c1-17-12-18(2)29-22(17)14-24-27(32-3)15-23(30-24)26-13-20-6-4-5-7-25(20)31(26)16-19-8-10-21(28)11-9-19/h4-15,29H,16H2,1-3H3. The van der Waals surface area contributed by atoms with E-state index in [0.29, 0.717) is 0 Å². The van der Waals surface area contributed by atoms with E-state index >= 15 is 0 Å². The molecule has 0 spiro atoms. The molecule has 160 valence electrons. The third kappa shape index (κ3) is 3.84. The molecule has 2 aromatic carbocycles. The molecule has 32 heavy (non-hydrogen) atoms. The quantitative estimate of drug-likeness (QED) is 0.332. The Kier molecular flexibility index (Phi) is 5.35. The molecule has 4 aromatic rings. The van der Waals surface area contributed by atoms with E-state index in [-0.39, 0.29) is 0 Å². The lowest BCUT2D eigenvalue weighted by Crippen LogP contribution is -2.08. The third-order valence-corrected chi connectivity index (χ3v) is 6.31. The first-order chi connectivity index (χ1) is 15.5. The van der Waals surface area contributed by atoms with Crippen LogP contribution in [-0.4, -0.2) is 22.4 Å². The predicted octanol–water partition coefficient (Wildman–Crippen LogP) is 6.77. The van der Waals surface area contributed by atoms with Gasteiger partial charge in [0.25, 0.3) is 0 Å². The molecule has 5 rings (SSSR count). The monoisotopic (exact) mass is 485 g/mol. The number of fused-ring (bicyclic) bond motifs is 1. The minimum absolute atomic E-state index is 0.763. The van der Waals surface area contributed by atoms with Crippen molar-refractivity contribution in [1.29, 1.82) is 0 Å². The Morgan fingerprint density at radius 2 is 1.84 bits per heavy atom. The lowest BCUT2D eigenvalue weighted by Gasteiger charge is -2.10. The summed E-state index contributed by atoms with van der Waals surface area (Å²) in [4.78, 5) is 8.38. The summed E-state index contributed by atoms with van der Waals surface area (Å²) in [7, 11) is 1.70. The fourth-order valence-electron chi connectivity index (χ4n) is 4.21. The summed E-state index contributed by atoms with van der Waals surface area (Å²) in [5.74, 6) is 0.770. The van der Waals surface area contributed by atoms with Crippen LogP contribution in [0.2, 0.25) is 0 Å². The topological polar surface area (TPSA) is 42.3 Å². The van der Waals surface area contributed by atoms with E-state index in [4.69, 9.17) is 9.73 Å². The van der Waals surface area contributed by atoms with Crippen LogP contribution in [0.3, 0.4) is 0 Å². The van der Waals surface area contributed by atoms with E-state index in [1.165, 1.54) is 22.0 Å². The first-order valence-corrected chi connectivity index (χ1v) is 11.4. The molecule has 0 aliphatic carbocycles. The molecular formula is C27H24BrN3O. The van der Waals surface area contributed by atoms with E-state index in [9.17, 15) is 0 Å². The van der Waals surface area contributed by atoms with Crippen LogP contribution in [0, 0.1) is 13.8 Å². The van der Waals surface area contributed by atoms with Crippen LogP contribution >= 0.6 is 15.9 Å². The zero-order chi connectivity index (χ0) is 22.2. The molecule has 0 fully saturated rings. The van der Waals surface area contributed by atoms with Crippen molar-refractivity contribution in [3.05, 3.63) is 111 Å². The van der Waals surface area contributed by atoms with Crippen molar-refractivity contribution < 1.29 is 4.74 Å². The number of H-pyrrole nitrogens is 1. The van der Waals surface area contributed by atoms with Gasteiger partial charge in [0, 0.05) is 39.4 Å². The highest BCUT2D eigenvalue weighted by Gasteiger charge is 2.21. The summed E-state index contributed by atoms with van der Waals surface area (Å²) >= 11 is 3.53. The Balaban J connectivity index is 1.61. The van der Waals surface area contributed by atoms with Gasteiger partial charge in [-0.15, -0.1) is 0 Å². The highest BCUT2D eigenvalue weighted by Crippen LogP contribution is 2.29. The van der Waals surface area contributed by atoms with Crippen molar-refractivity contribution in [3.8, 4) is 0 Å². The number of ether oxygens (including phenoxy) is 1. The molecule has 0 unspecified atom stereocenters. The number of benzene rings is 2. The molecular weight excluding hydrogens is 462 g/mol. The molecule has 1 aliphatic rings. The van der Waals surface area contributed by atoms with Crippen LogP contribution in [0.15, 0.2) is 87.7 Å². The van der Waals surface area contributed by atoms with Crippen molar-refractivity contribution in [1.82, 2.24) is 9.55 Å². The Bertz CT molecular complexity index is 1400. The summed E-state index contributed by atoms with van der Waals surface area (Å²) in [5, 5.41) is 1.20. The molecule has 0 saturated carbocycles. The second-order valence-electron chi connectivity index (χ2n) is 8.09. The number of methoxy groups -OCH3 is 1. The Hall–Kier alpha value is -3.31.